The first-order chi connectivity index (χ1) is 17.9. The highest BCUT2D eigenvalue weighted by atomic mass is 35.5. The molecule has 0 amide bonds. The molecule has 6 rings (SSSR count). The third kappa shape index (κ3) is 3.68. The molecule has 1 aliphatic heterocycles. The lowest BCUT2D eigenvalue weighted by Gasteiger charge is -2.27. The van der Waals surface area contributed by atoms with Gasteiger partial charge in [-0.2, -0.15) is 5.10 Å². The van der Waals surface area contributed by atoms with Crippen LogP contribution < -0.4 is 16.4 Å². The van der Waals surface area contributed by atoms with Crippen molar-refractivity contribution in [1.29, 1.82) is 5.41 Å². The van der Waals surface area contributed by atoms with Gasteiger partial charge in [0.25, 0.3) is 0 Å². The molecule has 37 heavy (non-hydrogen) atoms. The maximum absolute atomic E-state index is 8.75. The van der Waals surface area contributed by atoms with Gasteiger partial charge in [0, 0.05) is 62.4 Å². The summed E-state index contributed by atoms with van der Waals surface area (Å²) in [5.74, 6) is 2.34. The minimum atomic E-state index is -0.201. The molecule has 3 unspecified atom stereocenters. The number of nitrogen functional groups attached to an aromatic ring is 1. The molecule has 1 aromatic carbocycles. The van der Waals surface area contributed by atoms with Crippen LogP contribution in [0.15, 0.2) is 35.1 Å². The Labute approximate surface area is 218 Å². The van der Waals surface area contributed by atoms with Gasteiger partial charge in [-0.1, -0.05) is 16.8 Å². The minimum absolute atomic E-state index is 0.119. The maximum atomic E-state index is 8.75. The minimum Gasteiger partial charge on any atom is -0.382 e. The molecule has 1 saturated carbocycles. The van der Waals surface area contributed by atoms with E-state index in [0.717, 1.165) is 36.1 Å². The van der Waals surface area contributed by atoms with E-state index in [1.165, 1.54) is 0 Å². The Morgan fingerprint density at radius 2 is 2.19 bits per heavy atom. The lowest BCUT2D eigenvalue weighted by molar-refractivity contribution is 0.155. The highest BCUT2D eigenvalue weighted by Gasteiger charge is 2.67. The number of fused-ring (bicyclic) bond motifs is 2. The summed E-state index contributed by atoms with van der Waals surface area (Å²) in [6, 6.07) is 5.56. The summed E-state index contributed by atoms with van der Waals surface area (Å²) >= 11 is 6.62. The van der Waals surface area contributed by atoms with Gasteiger partial charge in [0.1, 0.15) is 18.1 Å². The number of halogens is 1. The zero-order valence-corrected chi connectivity index (χ0v) is 21.4. The largest absolute Gasteiger partial charge is 0.382 e. The van der Waals surface area contributed by atoms with Crippen LogP contribution in [0.4, 0.5) is 11.6 Å². The van der Waals surface area contributed by atoms with E-state index < -0.39 is 0 Å². The van der Waals surface area contributed by atoms with Crippen molar-refractivity contribution in [3.8, 4) is 0 Å². The first kappa shape index (κ1) is 23.8. The molecule has 0 radical (unpaired) electrons. The summed E-state index contributed by atoms with van der Waals surface area (Å²) in [7, 11) is 3.46. The van der Waals surface area contributed by atoms with Crippen LogP contribution in [-0.2, 0) is 23.8 Å². The van der Waals surface area contributed by atoms with Crippen molar-refractivity contribution in [1.82, 2.24) is 24.9 Å². The first-order valence-electron chi connectivity index (χ1n) is 12.1. The van der Waals surface area contributed by atoms with E-state index in [-0.39, 0.29) is 16.9 Å². The van der Waals surface area contributed by atoms with Crippen LogP contribution in [0.1, 0.15) is 29.1 Å². The van der Waals surface area contributed by atoms with E-state index in [1.54, 1.807) is 24.1 Å². The number of aryl methyl sites for hydroxylation is 1. The second-order valence-corrected chi connectivity index (χ2v) is 10.2. The number of nitrogens with one attached hydrogen (secondary N) is 1. The lowest BCUT2D eigenvalue weighted by Crippen LogP contribution is -2.33. The molecule has 3 aromatic heterocycles. The highest BCUT2D eigenvalue weighted by molar-refractivity contribution is 6.39. The molecule has 4 heterocycles. The fourth-order valence-electron chi connectivity index (χ4n) is 5.95. The number of hydrogen-bond donors (Lipinski definition) is 3. The number of anilines is 2. The van der Waals surface area contributed by atoms with Crippen molar-refractivity contribution in [3.63, 3.8) is 0 Å². The van der Waals surface area contributed by atoms with E-state index in [2.05, 4.69) is 25.1 Å². The SMILES string of the molecule is COCc1cc(C2(CN)C3CCN(c4cnc(C(=N)c5ccc6nn(C)cc6c5Cl)c(N)n4)CC32)no1. The van der Waals surface area contributed by atoms with Crippen LogP contribution in [0, 0.1) is 17.2 Å². The summed E-state index contributed by atoms with van der Waals surface area (Å²) in [6.07, 6.45) is 4.46. The summed E-state index contributed by atoms with van der Waals surface area (Å²) in [5.41, 5.74) is 15.0. The van der Waals surface area contributed by atoms with Gasteiger partial charge < -0.3 is 25.6 Å². The molecule has 0 spiro atoms. The maximum Gasteiger partial charge on any atom is 0.162 e. The van der Waals surface area contributed by atoms with Gasteiger partial charge in [0.15, 0.2) is 11.6 Å². The monoisotopic (exact) mass is 521 g/mol. The number of hydrogen-bond acceptors (Lipinski definition) is 10. The van der Waals surface area contributed by atoms with E-state index in [9.17, 15) is 0 Å². The van der Waals surface area contributed by atoms with E-state index in [1.807, 2.05) is 25.4 Å². The summed E-state index contributed by atoms with van der Waals surface area (Å²) in [6.45, 7) is 2.45. The number of nitrogens with two attached hydrogens (primary N) is 2. The third-order valence-corrected chi connectivity index (χ3v) is 8.25. The van der Waals surface area contributed by atoms with Gasteiger partial charge >= 0.3 is 0 Å². The molecule has 2 aliphatic rings. The van der Waals surface area contributed by atoms with Crippen molar-refractivity contribution in [2.24, 2.45) is 24.6 Å². The first-order valence-corrected chi connectivity index (χ1v) is 12.5. The number of aromatic nitrogens is 5. The number of piperidine rings is 1. The molecule has 3 atom stereocenters. The van der Waals surface area contributed by atoms with E-state index in [4.69, 9.17) is 37.7 Å². The number of nitrogens with zero attached hydrogens (tertiary/aromatic N) is 6. The van der Waals surface area contributed by atoms with Crippen LogP contribution >= 0.6 is 11.6 Å². The molecule has 4 aromatic rings. The molecule has 1 aliphatic carbocycles. The van der Waals surface area contributed by atoms with Crippen LogP contribution in [0.2, 0.25) is 5.02 Å². The zero-order valence-electron chi connectivity index (χ0n) is 20.6. The van der Waals surface area contributed by atoms with Gasteiger partial charge in [0.2, 0.25) is 0 Å². The van der Waals surface area contributed by atoms with Crippen molar-refractivity contribution < 1.29 is 9.26 Å². The van der Waals surface area contributed by atoms with Gasteiger partial charge in [-0.15, -0.1) is 0 Å². The number of rotatable bonds is 7. The average molecular weight is 522 g/mol. The summed E-state index contributed by atoms with van der Waals surface area (Å²) in [4.78, 5) is 11.3. The molecule has 2 fully saturated rings. The molecule has 12 heteroatoms. The van der Waals surface area contributed by atoms with Crippen molar-refractivity contribution in [2.75, 3.05) is 37.4 Å². The van der Waals surface area contributed by atoms with Crippen molar-refractivity contribution in [3.05, 3.63) is 58.3 Å². The highest BCUT2D eigenvalue weighted by Crippen LogP contribution is 2.62. The predicted molar refractivity (Wildman–Crippen MR) is 140 cm³/mol. The fraction of sp³-hybridized carbons (Fsp3) is 0.400. The number of methoxy groups -OCH3 is 1. The summed E-state index contributed by atoms with van der Waals surface area (Å²) < 4.78 is 12.3. The van der Waals surface area contributed by atoms with E-state index in [0.29, 0.717) is 52.8 Å². The lowest BCUT2D eigenvalue weighted by atomic mass is 9.96. The Hall–Kier alpha value is -3.54. The third-order valence-electron chi connectivity index (χ3n) is 7.84. The standard InChI is InChI=1S/C25H28ClN9O2/c1-34-9-15-18(32-34)4-3-14(21(15)26)22(28)23-24(29)31-20(8-30-23)35-6-5-16-17(10-35)25(16,12-27)19-7-13(11-36-2)37-33-19/h3-4,7-9,16-17,28H,5-6,10-12,27H2,1-2H3,(H2,29,31). The number of benzene rings is 1. The molecule has 192 valence electrons. The zero-order chi connectivity index (χ0) is 25.9. The smallest absolute Gasteiger partial charge is 0.162 e. The second-order valence-electron chi connectivity index (χ2n) is 9.80. The Balaban J connectivity index is 1.22. The van der Waals surface area contributed by atoms with Crippen LogP contribution in [0.5, 0.6) is 0 Å². The Morgan fingerprint density at radius 1 is 1.35 bits per heavy atom. The van der Waals surface area contributed by atoms with Crippen molar-refractivity contribution in [2.45, 2.75) is 18.4 Å². The molecule has 5 N–H and O–H groups in total. The topological polar surface area (TPSA) is 158 Å². The number of ether oxygens (including phenoxy) is 1. The Bertz CT molecular complexity index is 1520. The van der Waals surface area contributed by atoms with E-state index >= 15 is 0 Å². The normalized spacial score (nSPS) is 22.9. The van der Waals surface area contributed by atoms with Crippen LogP contribution in [0.3, 0.4) is 0 Å². The fourth-order valence-corrected chi connectivity index (χ4v) is 6.26. The average Bonchev–Trinajstić information content (AvgIpc) is 3.14. The Morgan fingerprint density at radius 3 is 2.95 bits per heavy atom. The van der Waals surface area contributed by atoms with Crippen LogP contribution in [-0.4, -0.2) is 57.4 Å². The molecule has 0 bridgehead atoms. The summed E-state index contributed by atoms with van der Waals surface area (Å²) in [5, 5.41) is 18.6. The molecule has 1 saturated heterocycles. The molecular formula is C25H28ClN9O2. The second kappa shape index (κ2) is 8.79. The van der Waals surface area contributed by atoms with Gasteiger partial charge in [-0.05, 0) is 30.4 Å². The van der Waals surface area contributed by atoms with Gasteiger partial charge in [-0.25, -0.2) is 9.97 Å². The Kier molecular flexibility index (Phi) is 5.66. The van der Waals surface area contributed by atoms with Gasteiger partial charge in [-0.3, -0.25) is 10.1 Å². The quantitative estimate of drug-likeness (QED) is 0.310. The molecular weight excluding hydrogens is 494 g/mol. The van der Waals surface area contributed by atoms with Gasteiger partial charge in [0.05, 0.1) is 28.1 Å². The van der Waals surface area contributed by atoms with Crippen LogP contribution in [0.25, 0.3) is 10.9 Å². The molecule has 11 nitrogen and oxygen atoms in total. The van der Waals surface area contributed by atoms with Crippen molar-refractivity contribution >= 4 is 39.9 Å². The predicted octanol–water partition coefficient (Wildman–Crippen LogP) is 2.50.